The monoisotopic (exact) mass is 813 g/mol. The highest BCUT2D eigenvalue weighted by Crippen LogP contribution is 2.38. The van der Waals surface area contributed by atoms with Gasteiger partial charge in [-0.3, -0.25) is 14.2 Å². The first-order valence-corrected chi connectivity index (χ1v) is 22.5. The lowest BCUT2D eigenvalue weighted by atomic mass is 10.1. The second-order valence-corrected chi connectivity index (χ2v) is 21.2. The van der Waals surface area contributed by atoms with Crippen LogP contribution in [-0.2, 0) is 32.8 Å². The molecule has 5 rings (SSSR count). The first kappa shape index (κ1) is 41.5. The number of sulfonamides is 1. The number of anilines is 3. The molecule has 0 aliphatic carbocycles. The number of aromatic nitrogens is 4. The van der Waals surface area contributed by atoms with Crippen LogP contribution < -0.4 is 20.5 Å². The van der Waals surface area contributed by atoms with Gasteiger partial charge in [-0.05, 0) is 60.5 Å². The zero-order chi connectivity index (χ0) is 40.8. The van der Waals surface area contributed by atoms with Crippen LogP contribution >= 0.6 is 0 Å². The van der Waals surface area contributed by atoms with Crippen LogP contribution in [0.1, 0.15) is 44.9 Å². The van der Waals surface area contributed by atoms with E-state index in [1.54, 1.807) is 48.1 Å². The summed E-state index contributed by atoms with van der Waals surface area (Å²) in [6.07, 6.45) is 0.893. The van der Waals surface area contributed by atoms with Crippen LogP contribution in [0.25, 0.3) is 11.3 Å². The first-order chi connectivity index (χ1) is 26.4. The zero-order valence-corrected chi connectivity index (χ0v) is 33.1. The van der Waals surface area contributed by atoms with Crippen molar-refractivity contribution in [3.63, 3.8) is 0 Å². The van der Waals surface area contributed by atoms with E-state index in [0.29, 0.717) is 30.1 Å². The number of nitrogens with zero attached hydrogens (tertiary/aromatic N) is 4. The molecular formula is C37H42F3N7O7SSi. The maximum absolute atomic E-state index is 13.6. The molecule has 0 aliphatic heterocycles. The summed E-state index contributed by atoms with van der Waals surface area (Å²) < 4.78 is 86.7. The molecule has 0 aliphatic rings. The van der Waals surface area contributed by atoms with Gasteiger partial charge in [0.05, 0.1) is 24.9 Å². The molecule has 3 aromatic carbocycles. The van der Waals surface area contributed by atoms with E-state index in [4.69, 9.17) is 19.9 Å². The van der Waals surface area contributed by atoms with Crippen molar-refractivity contribution < 1.29 is 45.4 Å². The largest absolute Gasteiger partial charge is 0.484 e. The van der Waals surface area contributed by atoms with Crippen molar-refractivity contribution in [1.82, 2.24) is 19.6 Å². The molecule has 14 nitrogen and oxygen atoms in total. The fraction of sp³-hybridized carbons (Fsp3) is 0.297. The van der Waals surface area contributed by atoms with Gasteiger partial charge in [0.1, 0.15) is 41.5 Å². The van der Waals surface area contributed by atoms with Crippen LogP contribution in [0.2, 0.25) is 25.7 Å². The van der Waals surface area contributed by atoms with Crippen molar-refractivity contribution in [2.75, 3.05) is 23.8 Å². The van der Waals surface area contributed by atoms with Crippen molar-refractivity contribution in [2.45, 2.75) is 57.7 Å². The molecular weight excluding hydrogens is 772 g/mol. The van der Waals surface area contributed by atoms with Crippen molar-refractivity contribution in [1.29, 1.82) is 0 Å². The Morgan fingerprint density at radius 2 is 1.68 bits per heavy atom. The number of benzene rings is 3. The number of hydrogen-bond donors (Lipinski definition) is 3. The number of methoxy groups -OCH3 is 1. The van der Waals surface area contributed by atoms with Gasteiger partial charge in [-0.2, -0.15) is 19.0 Å². The van der Waals surface area contributed by atoms with Crippen LogP contribution in [0.15, 0.2) is 79.0 Å². The minimum absolute atomic E-state index is 0.0430. The summed E-state index contributed by atoms with van der Waals surface area (Å²) in [7, 11) is -5.29. The minimum atomic E-state index is -5.12. The van der Waals surface area contributed by atoms with Crippen molar-refractivity contribution >= 4 is 47.3 Å². The van der Waals surface area contributed by atoms with Crippen LogP contribution in [-0.4, -0.2) is 67.4 Å². The van der Waals surface area contributed by atoms with Gasteiger partial charge >= 0.3 is 11.7 Å². The summed E-state index contributed by atoms with van der Waals surface area (Å²) in [6, 6.07) is 18.6. The highest BCUT2D eigenvalue weighted by molar-refractivity contribution is 7.93. The summed E-state index contributed by atoms with van der Waals surface area (Å²) in [5.74, 6) is -5.30. The third kappa shape index (κ3) is 10.5. The predicted molar refractivity (Wildman–Crippen MR) is 207 cm³/mol. The van der Waals surface area contributed by atoms with E-state index in [0.717, 1.165) is 11.6 Å². The molecule has 2 aromatic heterocycles. The Balaban J connectivity index is 1.53. The van der Waals surface area contributed by atoms with Crippen LogP contribution in [0.5, 0.6) is 5.75 Å². The van der Waals surface area contributed by atoms with E-state index in [-0.39, 0.29) is 40.8 Å². The number of nitrogens with two attached hydrogens (primary N) is 1. The Kier molecular flexibility index (Phi) is 12.9. The lowest BCUT2D eigenvalue weighted by Gasteiger charge is -2.19. The molecule has 0 radical (unpaired) electrons. The van der Waals surface area contributed by atoms with E-state index in [1.807, 2.05) is 4.72 Å². The molecule has 0 spiro atoms. The van der Waals surface area contributed by atoms with Crippen LogP contribution in [0.3, 0.4) is 0 Å². The molecule has 0 bridgehead atoms. The van der Waals surface area contributed by atoms with Gasteiger partial charge in [0.15, 0.2) is 5.82 Å². The molecule has 19 heteroatoms. The quantitative estimate of drug-likeness (QED) is 0.0474. The highest BCUT2D eigenvalue weighted by Gasteiger charge is 2.28. The molecule has 0 saturated carbocycles. The molecule has 1 atom stereocenters. The molecule has 56 heavy (non-hydrogen) atoms. The van der Waals surface area contributed by atoms with Gasteiger partial charge in [0.25, 0.3) is 15.9 Å². The Bertz CT molecular complexity index is 2280. The molecule has 1 amide bonds. The number of alkyl halides is 2. The van der Waals surface area contributed by atoms with Gasteiger partial charge in [0, 0.05) is 32.5 Å². The number of carbonyl (C=O) groups excluding carboxylic acids is 2. The number of hydrogen-bond acceptors (Lipinski definition) is 10. The van der Waals surface area contributed by atoms with Crippen LogP contribution in [0.4, 0.5) is 30.5 Å². The third-order valence-electron chi connectivity index (χ3n) is 8.40. The van der Waals surface area contributed by atoms with E-state index < -0.39 is 47.7 Å². The second kappa shape index (κ2) is 17.4. The Labute approximate surface area is 322 Å². The van der Waals surface area contributed by atoms with E-state index in [9.17, 15) is 31.2 Å². The fourth-order valence-corrected chi connectivity index (χ4v) is 6.70. The molecule has 2 heterocycles. The van der Waals surface area contributed by atoms with E-state index >= 15 is 0 Å². The number of primary amides is 1. The number of halogens is 3. The molecule has 5 aromatic rings. The molecule has 4 N–H and O–H groups in total. The smallest absolute Gasteiger partial charge is 0.355 e. The summed E-state index contributed by atoms with van der Waals surface area (Å²) in [4.78, 5) is 25.1. The third-order valence-corrected chi connectivity index (χ3v) is 11.1. The molecule has 298 valence electrons. The average Bonchev–Trinajstić information content (AvgIpc) is 3.74. The van der Waals surface area contributed by atoms with E-state index in [1.165, 1.54) is 54.3 Å². The minimum Gasteiger partial charge on any atom is -0.484 e. The Morgan fingerprint density at radius 1 is 0.982 bits per heavy atom. The van der Waals surface area contributed by atoms with Gasteiger partial charge in [-0.15, -0.1) is 0 Å². The zero-order valence-electron chi connectivity index (χ0n) is 31.3. The number of carbonyl (C=O) groups is 2. The number of esters is 1. The standard InChI is InChI=1S/C37H42F3N7O7SSi/c1-23(25-10-13-28(38)14-11-25)54-30-20-27(12-15-29(30)45-55(50,51)37(39)40)33-32(34(41)48)35(47(44-33)22-53-18-19-56(3,4)5)42-31-16-17-46(43-31)21-24-6-8-26(9-7-24)36(49)52-2/h6-17,20,23,37,45H,18-19,21-22H2,1-5H3,(H2,41,48)(H,42,43). The number of nitrogens with one attached hydrogen (secondary N) is 2. The summed E-state index contributed by atoms with van der Waals surface area (Å²) >= 11 is 0. The van der Waals surface area contributed by atoms with Gasteiger partial charge in [0.2, 0.25) is 0 Å². The van der Waals surface area contributed by atoms with Crippen molar-refractivity contribution in [2.24, 2.45) is 5.73 Å². The fourth-order valence-electron chi connectivity index (χ4n) is 5.38. The number of amides is 1. The second-order valence-electron chi connectivity index (χ2n) is 13.9. The predicted octanol–water partition coefficient (Wildman–Crippen LogP) is 6.98. The Morgan fingerprint density at radius 3 is 2.30 bits per heavy atom. The van der Waals surface area contributed by atoms with Gasteiger partial charge < -0.3 is 25.3 Å². The lowest BCUT2D eigenvalue weighted by Crippen LogP contribution is -2.22. The van der Waals surface area contributed by atoms with E-state index in [2.05, 4.69) is 35.2 Å². The van der Waals surface area contributed by atoms with Crippen LogP contribution in [0, 0.1) is 5.82 Å². The van der Waals surface area contributed by atoms with Crippen molar-refractivity contribution in [3.05, 3.63) is 107 Å². The summed E-state index contributed by atoms with van der Waals surface area (Å²) in [5.41, 5.74) is 7.58. The molecule has 0 saturated heterocycles. The maximum Gasteiger partial charge on any atom is 0.355 e. The molecule has 1 unspecified atom stereocenters. The topological polar surface area (TPSA) is 182 Å². The lowest BCUT2D eigenvalue weighted by molar-refractivity contribution is 0.0600. The number of rotatable bonds is 18. The SMILES string of the molecule is COC(=O)c1ccc(Cn2ccc(Nc3c(C(N)=O)c(-c4ccc(NS(=O)(=O)C(F)F)c(OC(C)c5ccc(F)cc5)c4)nn3COCC[Si](C)(C)C)n2)cc1. The molecule has 0 fully saturated rings. The van der Waals surface area contributed by atoms with Crippen molar-refractivity contribution in [3.8, 4) is 17.0 Å². The highest BCUT2D eigenvalue weighted by atomic mass is 32.2. The maximum atomic E-state index is 13.6. The normalized spacial score (nSPS) is 12.4. The van der Waals surface area contributed by atoms with Gasteiger partial charge in [-0.1, -0.05) is 50.0 Å². The average molecular weight is 814 g/mol. The number of ether oxygens (including phenoxy) is 3. The summed E-state index contributed by atoms with van der Waals surface area (Å²) in [5, 5.41) is 12.4. The first-order valence-electron chi connectivity index (χ1n) is 17.3. The van der Waals surface area contributed by atoms with Gasteiger partial charge in [-0.25, -0.2) is 22.3 Å². The Hall–Kier alpha value is -5.66. The summed E-state index contributed by atoms with van der Waals surface area (Å²) in [6.45, 7) is 8.86.